The van der Waals surface area contributed by atoms with Crippen molar-refractivity contribution in [3.63, 3.8) is 0 Å². The van der Waals surface area contributed by atoms with Crippen LogP contribution in [0.3, 0.4) is 0 Å². The minimum absolute atomic E-state index is 0.0471. The topological polar surface area (TPSA) is 41.1 Å². The summed E-state index contributed by atoms with van der Waals surface area (Å²) in [6.45, 7) is 4.20. The van der Waals surface area contributed by atoms with E-state index in [4.69, 9.17) is 11.6 Å². The van der Waals surface area contributed by atoms with E-state index >= 15 is 0 Å². The number of rotatable bonds is 3. The van der Waals surface area contributed by atoms with Crippen LogP contribution in [0, 0.1) is 0 Å². The highest BCUT2D eigenvalue weighted by Crippen LogP contribution is 2.32. The highest BCUT2D eigenvalue weighted by Gasteiger charge is 2.29. The molecule has 1 aromatic rings. The number of carbonyl (C=O) groups excluding carboxylic acids is 1. The zero-order valence-corrected chi connectivity index (χ0v) is 8.84. The smallest absolute Gasteiger partial charge is 0.246 e. The van der Waals surface area contributed by atoms with Gasteiger partial charge in [0.15, 0.2) is 0 Å². The SMILES string of the molecule is C=CCNC1C(=O)Nc2cc(Cl)ccc21. The quantitative estimate of drug-likeness (QED) is 0.770. The molecule has 0 bridgehead atoms. The summed E-state index contributed by atoms with van der Waals surface area (Å²) >= 11 is 5.84. The lowest BCUT2D eigenvalue weighted by Gasteiger charge is -2.08. The summed E-state index contributed by atoms with van der Waals surface area (Å²) < 4.78 is 0. The van der Waals surface area contributed by atoms with Gasteiger partial charge in [0.1, 0.15) is 6.04 Å². The van der Waals surface area contributed by atoms with Crippen LogP contribution in [-0.2, 0) is 4.79 Å². The standard InChI is InChI=1S/C11H11ClN2O/c1-2-5-13-10-8-4-3-7(12)6-9(8)14-11(10)15/h2-4,6,10,13H,1,5H2,(H,14,15). The normalized spacial score (nSPS) is 18.5. The predicted octanol–water partition coefficient (Wildman–Crippen LogP) is 2.11. The van der Waals surface area contributed by atoms with E-state index in [-0.39, 0.29) is 11.9 Å². The Kier molecular flexibility index (Phi) is 2.75. The van der Waals surface area contributed by atoms with Crippen molar-refractivity contribution in [2.24, 2.45) is 0 Å². The van der Waals surface area contributed by atoms with Crippen LogP contribution in [0.5, 0.6) is 0 Å². The van der Waals surface area contributed by atoms with Gasteiger partial charge in [-0.25, -0.2) is 0 Å². The molecule has 0 saturated heterocycles. The molecule has 0 spiro atoms. The summed E-state index contributed by atoms with van der Waals surface area (Å²) in [5, 5.41) is 6.48. The third kappa shape index (κ3) is 1.89. The Balaban J connectivity index is 2.29. The molecule has 1 amide bonds. The van der Waals surface area contributed by atoms with Gasteiger partial charge in [0.05, 0.1) is 0 Å². The lowest BCUT2D eigenvalue weighted by Crippen LogP contribution is -2.27. The van der Waals surface area contributed by atoms with E-state index in [1.807, 2.05) is 6.07 Å². The molecule has 1 aliphatic rings. The summed E-state index contributed by atoms with van der Waals surface area (Å²) in [4.78, 5) is 11.6. The van der Waals surface area contributed by atoms with Crippen LogP contribution in [0.15, 0.2) is 30.9 Å². The van der Waals surface area contributed by atoms with Crippen molar-refractivity contribution in [3.8, 4) is 0 Å². The van der Waals surface area contributed by atoms with E-state index in [1.165, 1.54) is 0 Å². The lowest BCUT2D eigenvalue weighted by molar-refractivity contribution is -0.117. The molecule has 0 fully saturated rings. The maximum atomic E-state index is 11.6. The highest BCUT2D eigenvalue weighted by molar-refractivity contribution is 6.31. The third-order valence-corrected chi connectivity index (χ3v) is 2.55. The molecular weight excluding hydrogens is 212 g/mol. The van der Waals surface area contributed by atoms with Gasteiger partial charge in [-0.2, -0.15) is 0 Å². The first kappa shape index (κ1) is 10.2. The first-order chi connectivity index (χ1) is 7.22. The highest BCUT2D eigenvalue weighted by atomic mass is 35.5. The van der Waals surface area contributed by atoms with Crippen molar-refractivity contribution in [2.75, 3.05) is 11.9 Å². The number of hydrogen-bond acceptors (Lipinski definition) is 2. The van der Waals surface area contributed by atoms with Crippen LogP contribution < -0.4 is 10.6 Å². The van der Waals surface area contributed by atoms with Crippen molar-refractivity contribution >= 4 is 23.2 Å². The molecule has 1 unspecified atom stereocenters. The summed E-state index contributed by atoms with van der Waals surface area (Å²) in [5.74, 6) is -0.0471. The molecule has 15 heavy (non-hydrogen) atoms. The van der Waals surface area contributed by atoms with Gasteiger partial charge < -0.3 is 5.32 Å². The number of amides is 1. The summed E-state index contributed by atoms with van der Waals surface area (Å²) in [5.41, 5.74) is 1.72. The van der Waals surface area contributed by atoms with Crippen molar-refractivity contribution in [2.45, 2.75) is 6.04 Å². The zero-order valence-electron chi connectivity index (χ0n) is 8.09. The van der Waals surface area contributed by atoms with E-state index in [0.29, 0.717) is 11.6 Å². The molecule has 0 aromatic heterocycles. The minimum Gasteiger partial charge on any atom is -0.324 e. The molecule has 1 aliphatic heterocycles. The van der Waals surface area contributed by atoms with Gasteiger partial charge in [-0.3, -0.25) is 10.1 Å². The zero-order chi connectivity index (χ0) is 10.8. The number of benzene rings is 1. The monoisotopic (exact) mass is 222 g/mol. The average Bonchev–Trinajstić information content (AvgIpc) is 2.50. The second kappa shape index (κ2) is 4.04. The van der Waals surface area contributed by atoms with Crippen molar-refractivity contribution in [1.82, 2.24) is 5.32 Å². The average molecular weight is 223 g/mol. The molecule has 78 valence electrons. The first-order valence-electron chi connectivity index (χ1n) is 4.67. The van der Waals surface area contributed by atoms with E-state index in [1.54, 1.807) is 18.2 Å². The van der Waals surface area contributed by atoms with Crippen LogP contribution in [0.2, 0.25) is 5.02 Å². The maximum Gasteiger partial charge on any atom is 0.246 e. The fourth-order valence-electron chi connectivity index (χ4n) is 1.64. The van der Waals surface area contributed by atoms with Gasteiger partial charge in [-0.05, 0) is 12.1 Å². The van der Waals surface area contributed by atoms with Gasteiger partial charge in [0, 0.05) is 22.8 Å². The Hall–Kier alpha value is -1.32. The van der Waals surface area contributed by atoms with Crippen LogP contribution >= 0.6 is 11.6 Å². The number of carbonyl (C=O) groups is 1. The minimum atomic E-state index is -0.296. The number of nitrogens with one attached hydrogen (secondary N) is 2. The van der Waals surface area contributed by atoms with Crippen LogP contribution in [0.4, 0.5) is 5.69 Å². The molecule has 0 radical (unpaired) electrons. The van der Waals surface area contributed by atoms with Crippen molar-refractivity contribution in [3.05, 3.63) is 41.4 Å². The molecule has 2 N–H and O–H groups in total. The molecular formula is C11H11ClN2O. The fraction of sp³-hybridized carbons (Fsp3) is 0.182. The Labute approximate surface area is 93.1 Å². The number of anilines is 1. The second-order valence-corrected chi connectivity index (χ2v) is 3.79. The van der Waals surface area contributed by atoms with Gasteiger partial charge in [0.2, 0.25) is 5.91 Å². The summed E-state index contributed by atoms with van der Waals surface area (Å²) in [6, 6.07) is 5.10. The van der Waals surface area contributed by atoms with Gasteiger partial charge in [-0.1, -0.05) is 23.7 Å². The first-order valence-corrected chi connectivity index (χ1v) is 5.05. The molecule has 2 rings (SSSR count). The van der Waals surface area contributed by atoms with Crippen molar-refractivity contribution < 1.29 is 4.79 Å². The Morgan fingerprint density at radius 2 is 2.40 bits per heavy atom. The second-order valence-electron chi connectivity index (χ2n) is 3.35. The Morgan fingerprint density at radius 1 is 1.60 bits per heavy atom. The predicted molar refractivity (Wildman–Crippen MR) is 61.0 cm³/mol. The number of fused-ring (bicyclic) bond motifs is 1. The van der Waals surface area contributed by atoms with Crippen LogP contribution in [0.25, 0.3) is 0 Å². The lowest BCUT2D eigenvalue weighted by atomic mass is 10.1. The van der Waals surface area contributed by atoms with Crippen LogP contribution in [0.1, 0.15) is 11.6 Å². The third-order valence-electron chi connectivity index (χ3n) is 2.31. The van der Waals surface area contributed by atoms with E-state index in [0.717, 1.165) is 11.3 Å². The Morgan fingerprint density at radius 3 is 3.13 bits per heavy atom. The van der Waals surface area contributed by atoms with E-state index in [9.17, 15) is 4.79 Å². The summed E-state index contributed by atoms with van der Waals surface area (Å²) in [6.07, 6.45) is 1.72. The van der Waals surface area contributed by atoms with Crippen LogP contribution in [-0.4, -0.2) is 12.5 Å². The van der Waals surface area contributed by atoms with Gasteiger partial charge >= 0.3 is 0 Å². The molecule has 4 heteroatoms. The van der Waals surface area contributed by atoms with Crippen molar-refractivity contribution in [1.29, 1.82) is 0 Å². The molecule has 1 heterocycles. The largest absolute Gasteiger partial charge is 0.324 e. The number of hydrogen-bond donors (Lipinski definition) is 2. The van der Waals surface area contributed by atoms with Gasteiger partial charge in [-0.15, -0.1) is 6.58 Å². The Bertz CT molecular complexity index is 417. The molecule has 0 saturated carbocycles. The fourth-order valence-corrected chi connectivity index (χ4v) is 1.81. The molecule has 1 atom stereocenters. The molecule has 3 nitrogen and oxygen atoms in total. The summed E-state index contributed by atoms with van der Waals surface area (Å²) in [7, 11) is 0. The van der Waals surface area contributed by atoms with Gasteiger partial charge in [0.25, 0.3) is 0 Å². The maximum absolute atomic E-state index is 11.6. The van der Waals surface area contributed by atoms with E-state index in [2.05, 4.69) is 17.2 Å². The molecule has 0 aliphatic carbocycles. The molecule has 1 aromatic carbocycles. The number of halogens is 1. The van der Waals surface area contributed by atoms with E-state index < -0.39 is 0 Å².